The van der Waals surface area contributed by atoms with E-state index in [0.717, 1.165) is 203 Å². The van der Waals surface area contributed by atoms with E-state index in [4.69, 9.17) is 39.9 Å². The summed E-state index contributed by atoms with van der Waals surface area (Å²) in [6.45, 7) is -0.0873. The number of carbonyl (C=O) groups excluding carboxylic acids is 8. The molecule has 13 rings (SSSR count). The summed E-state index contributed by atoms with van der Waals surface area (Å²) in [5.41, 5.74) is -4.85. The molecule has 0 radical (unpaired) electrons. The number of hydrogen-bond donors (Lipinski definition) is 4. The zero-order valence-electron chi connectivity index (χ0n) is 72.5. The third kappa shape index (κ3) is 27.0. The zero-order chi connectivity index (χ0) is 98.1. The van der Waals surface area contributed by atoms with Gasteiger partial charge in [-0.1, -0.05) is 138 Å². The average Bonchev–Trinajstić information content (AvgIpc) is 1.73. The van der Waals surface area contributed by atoms with Crippen molar-refractivity contribution in [3.05, 3.63) is 253 Å². The number of nitrogens with zero attached hydrogens (tertiary/aromatic N) is 6. The van der Waals surface area contributed by atoms with Crippen LogP contribution in [0.3, 0.4) is 0 Å². The summed E-state index contributed by atoms with van der Waals surface area (Å²) in [7, 11) is 1.49. The first-order valence-electron chi connectivity index (χ1n) is 42.9. The zero-order valence-corrected chi connectivity index (χ0v) is 72.5. The maximum Gasteiger partial charge on any atom is 0.416 e. The molecule has 5 aliphatic rings. The molecular weight excluding hydrogens is 1790 g/mol. The molecule has 8 aromatic rings. The molecule has 25 nitrogen and oxygen atoms in total. The van der Waals surface area contributed by atoms with Gasteiger partial charge in [-0.15, -0.1) is 25.7 Å². The van der Waals surface area contributed by atoms with Crippen LogP contribution >= 0.6 is 0 Å². The Morgan fingerprint density at radius 3 is 0.963 bits per heavy atom. The van der Waals surface area contributed by atoms with Crippen LogP contribution in [0.4, 0.5) is 86.8 Å². The highest BCUT2D eigenvalue weighted by atomic mass is 19.4. The predicted octanol–water partition coefficient (Wildman–Crippen LogP) is 19.0. The van der Waals surface area contributed by atoms with Crippen LogP contribution in [0, 0.1) is 69.6 Å². The van der Waals surface area contributed by atoms with Gasteiger partial charge in [0.2, 0.25) is 30.4 Å². The molecule has 4 aliphatic carbocycles. The van der Waals surface area contributed by atoms with Gasteiger partial charge < -0.3 is 35.5 Å². The van der Waals surface area contributed by atoms with Crippen molar-refractivity contribution in [3.63, 3.8) is 0 Å². The Balaban J connectivity index is 0.000000186. The van der Waals surface area contributed by atoms with Crippen molar-refractivity contribution in [2.45, 2.75) is 201 Å². The van der Waals surface area contributed by atoms with Crippen LogP contribution in [0.1, 0.15) is 197 Å². The predicted molar refractivity (Wildman–Crippen MR) is 474 cm³/mol. The molecule has 4 atom stereocenters. The maximum absolute atomic E-state index is 13.6. The van der Waals surface area contributed by atoms with E-state index in [1.165, 1.54) is 73.8 Å². The van der Waals surface area contributed by atoms with Gasteiger partial charge in [-0.3, -0.25) is 78.2 Å². The van der Waals surface area contributed by atoms with E-state index in [2.05, 4.69) is 21.3 Å². The standard InChI is InChI=1S/C25H23F3N2O4.C25H25F3N2O3.2C24H22F3N3O4/c1-2-21(31)30(18-11-6-8-16(14-18)25(26,27)28)22(24(32)29-17-9-4-3-5-10-17)19-12-7-13-20-23(19)34-15-33-20;1-3-22(31)30(20-11-7-8-18(16-20)25(26,27)28)23(17-12-14-21(33-2)15-13-17)24(32)29-19-9-5-4-6-10-19;1-2-21(31)29(18-12-8-9-16(15-18)24(25,26)27)22(19-13-6-7-14-20(19)30(33)34)23(32)28-17-10-4-3-5-11-17;1-2-21(31)29(20-10-6-7-17(15-20)24(25,26)27)22(16-11-13-19(14-12-16)30(33)34)23(32)28-18-8-4-3-5-9-18/h1,6-8,11-14,17,22H,3-5,9-10,15H2,(H,29,32);1,7-8,11-16,19,23H,4-6,9-10H2,2H3,(H,29,32);1,6-9,12-15,17,22H,3-5,10-11H2,(H,28,32);1,6-7,10-15,18,22H,3-5,8-9H2,(H,28,32). The molecule has 4 fully saturated rings. The lowest BCUT2D eigenvalue weighted by molar-refractivity contribution is -0.385. The van der Waals surface area contributed by atoms with Gasteiger partial charge in [0.25, 0.3) is 11.4 Å². The second-order valence-electron chi connectivity index (χ2n) is 32.0. The van der Waals surface area contributed by atoms with E-state index >= 15 is 0 Å². The minimum atomic E-state index is -4.72. The van der Waals surface area contributed by atoms with Gasteiger partial charge >= 0.3 is 48.3 Å². The Hall–Kier alpha value is -14.9. The number of para-hydroxylation sites is 2. The molecule has 1 heterocycles. The summed E-state index contributed by atoms with van der Waals surface area (Å²) in [6, 6.07) is 31.2. The van der Waals surface area contributed by atoms with Crippen LogP contribution in [-0.4, -0.2) is 95.2 Å². The topological polar surface area (TPSA) is 312 Å². The molecule has 4 unspecified atom stereocenters. The Morgan fingerprint density at radius 2 is 0.659 bits per heavy atom. The van der Waals surface area contributed by atoms with Gasteiger partial charge in [0, 0.05) is 70.7 Å². The third-order valence-electron chi connectivity index (χ3n) is 23.0. The number of hydrogen-bond acceptors (Lipinski definition) is 15. The average molecular weight is 1880 g/mol. The smallest absolute Gasteiger partial charge is 0.416 e. The quantitative estimate of drug-likeness (QED) is 0.0200. The second kappa shape index (κ2) is 46.5. The Kier molecular flexibility index (Phi) is 35.2. The molecule has 708 valence electrons. The van der Waals surface area contributed by atoms with Gasteiger partial charge in [0.05, 0.1) is 44.8 Å². The minimum absolute atomic E-state index is 0.0729. The number of nitrogens with one attached hydrogen (secondary N) is 4. The van der Waals surface area contributed by atoms with E-state index in [-0.39, 0.29) is 81.8 Å². The van der Waals surface area contributed by atoms with Gasteiger partial charge in [0.1, 0.15) is 29.9 Å². The van der Waals surface area contributed by atoms with E-state index in [1.54, 1.807) is 42.5 Å². The lowest BCUT2D eigenvalue weighted by atomic mass is 9.94. The molecule has 37 heteroatoms. The molecule has 135 heavy (non-hydrogen) atoms. The SMILES string of the molecule is C#CC(=O)N(c1cccc(C(F)(F)F)c1)C(C(=O)NC1CCCCC1)c1ccc(OC)cc1.C#CC(=O)N(c1cccc(C(F)(F)F)c1)C(C(=O)NC1CCCCC1)c1ccc([N+](=O)[O-])cc1.C#CC(=O)N(c1cccc(C(F)(F)F)c1)C(C(=O)NC1CCCCC1)c1cccc2c1OCO2.C#CC(=O)N(c1cccc(C(F)(F)F)c1)C(C(=O)NC1CCCCC1)c1ccccc1[N+](=O)[O-]. The van der Waals surface area contributed by atoms with Crippen molar-refractivity contribution in [2.75, 3.05) is 33.5 Å². The third-order valence-corrected chi connectivity index (χ3v) is 23.0. The van der Waals surface area contributed by atoms with Gasteiger partial charge in [-0.25, -0.2) is 0 Å². The van der Waals surface area contributed by atoms with Crippen molar-refractivity contribution in [1.29, 1.82) is 0 Å². The number of benzene rings is 8. The van der Waals surface area contributed by atoms with Crippen molar-refractivity contribution >= 4 is 81.4 Å². The van der Waals surface area contributed by atoms with Crippen LogP contribution in [0.25, 0.3) is 0 Å². The van der Waals surface area contributed by atoms with Crippen LogP contribution in [0.15, 0.2) is 188 Å². The number of alkyl halides is 12. The minimum Gasteiger partial charge on any atom is -0.497 e. The van der Waals surface area contributed by atoms with Crippen LogP contribution < -0.4 is 55.1 Å². The lowest BCUT2D eigenvalue weighted by Crippen LogP contribution is -2.47. The van der Waals surface area contributed by atoms with Crippen LogP contribution in [0.5, 0.6) is 17.2 Å². The lowest BCUT2D eigenvalue weighted by Gasteiger charge is -2.33. The molecule has 0 bridgehead atoms. The molecule has 4 saturated carbocycles. The number of carbonyl (C=O) groups is 8. The summed E-state index contributed by atoms with van der Waals surface area (Å²) in [5, 5.41) is 34.4. The molecule has 8 aromatic carbocycles. The summed E-state index contributed by atoms with van der Waals surface area (Å²) < 4.78 is 177. The van der Waals surface area contributed by atoms with E-state index in [9.17, 15) is 111 Å². The maximum atomic E-state index is 13.6. The van der Waals surface area contributed by atoms with Crippen molar-refractivity contribution < 1.29 is 115 Å². The number of amides is 8. The Labute approximate surface area is 768 Å². The number of terminal acetylenes is 4. The number of fused-ring (bicyclic) bond motifs is 1. The van der Waals surface area contributed by atoms with Gasteiger partial charge in [-0.2, -0.15) is 52.7 Å². The Morgan fingerprint density at radius 1 is 0.370 bits per heavy atom. The summed E-state index contributed by atoms with van der Waals surface area (Å²) in [4.78, 5) is 130. The first kappa shape index (κ1) is 102. The fourth-order valence-corrected chi connectivity index (χ4v) is 16.5. The largest absolute Gasteiger partial charge is 0.497 e. The number of anilines is 4. The monoisotopic (exact) mass is 1880 g/mol. The van der Waals surface area contributed by atoms with Gasteiger partial charge in [0.15, 0.2) is 11.5 Å². The second-order valence-corrected chi connectivity index (χ2v) is 32.0. The molecule has 1 aliphatic heterocycles. The van der Waals surface area contributed by atoms with Crippen molar-refractivity contribution in [1.82, 2.24) is 21.3 Å². The normalized spacial score (nSPS) is 15.5. The number of non-ortho nitro benzene ring substituents is 1. The first-order valence-corrected chi connectivity index (χ1v) is 42.9. The van der Waals surface area contributed by atoms with E-state index in [0.29, 0.717) is 40.9 Å². The number of ether oxygens (including phenoxy) is 3. The molecule has 4 N–H and O–H groups in total. The van der Waals surface area contributed by atoms with E-state index in [1.807, 2.05) is 23.7 Å². The van der Waals surface area contributed by atoms with Gasteiger partial charge in [-0.05, 0) is 195 Å². The molecule has 0 spiro atoms. The number of rotatable bonds is 23. The highest BCUT2D eigenvalue weighted by Crippen LogP contribution is 2.46. The Bertz CT molecular complexity index is 5760. The molecule has 0 saturated heterocycles. The number of nitro groups is 2. The summed E-state index contributed by atoms with van der Waals surface area (Å²) >= 11 is 0. The van der Waals surface area contributed by atoms with Crippen LogP contribution in [0.2, 0.25) is 0 Å². The number of halogens is 12. The highest BCUT2D eigenvalue weighted by molar-refractivity contribution is 6.13. The van der Waals surface area contributed by atoms with E-state index < -0.39 is 134 Å². The molecule has 8 amide bonds. The number of nitro benzene ring substituents is 2. The molecule has 0 aromatic heterocycles. The first-order chi connectivity index (χ1) is 64.3. The number of methoxy groups -OCH3 is 1. The van der Waals surface area contributed by atoms with Crippen molar-refractivity contribution in [2.24, 2.45) is 0 Å². The molecular formula is C98H92F12N10O15. The fraction of sp³-hybridized carbons (Fsp3) is 0.347. The highest BCUT2D eigenvalue weighted by Gasteiger charge is 2.44. The summed E-state index contributed by atoms with van der Waals surface area (Å²) in [5.74, 6) is 2.27. The van der Waals surface area contributed by atoms with Crippen molar-refractivity contribution in [3.8, 4) is 66.6 Å². The van der Waals surface area contributed by atoms with Crippen LogP contribution in [-0.2, 0) is 63.1 Å². The summed E-state index contributed by atoms with van der Waals surface area (Å²) in [6.07, 6.45) is 20.3. The fourth-order valence-electron chi connectivity index (χ4n) is 16.5.